The van der Waals surface area contributed by atoms with Crippen molar-refractivity contribution in [3.05, 3.63) is 60.2 Å². The predicted octanol–water partition coefficient (Wildman–Crippen LogP) is 4.06. The summed E-state index contributed by atoms with van der Waals surface area (Å²) in [5.41, 5.74) is 2.89. The Hall–Kier alpha value is -2.00. The molecule has 1 amide bonds. The highest BCUT2D eigenvalue weighted by molar-refractivity contribution is 6.21. The molecule has 1 unspecified atom stereocenters. The highest BCUT2D eigenvalue weighted by Crippen LogP contribution is 2.25. The second kappa shape index (κ2) is 7.14. The molecule has 0 spiro atoms. The molecule has 3 nitrogen and oxygen atoms in total. The van der Waals surface area contributed by atoms with Gasteiger partial charge in [-0.2, -0.15) is 0 Å². The Bertz CT molecular complexity index is 601. The van der Waals surface area contributed by atoms with Crippen molar-refractivity contribution in [2.75, 3.05) is 23.8 Å². The molecule has 2 aromatic carbocycles. The van der Waals surface area contributed by atoms with E-state index in [0.29, 0.717) is 6.54 Å². The van der Waals surface area contributed by atoms with E-state index < -0.39 is 0 Å². The van der Waals surface area contributed by atoms with Crippen LogP contribution in [0.15, 0.2) is 54.6 Å². The van der Waals surface area contributed by atoms with E-state index in [2.05, 4.69) is 22.3 Å². The molecule has 2 aromatic rings. The number of carbonyl (C=O) groups excluding carboxylic acids is 1. The van der Waals surface area contributed by atoms with Crippen LogP contribution in [0, 0.1) is 0 Å². The monoisotopic (exact) mass is 302 g/mol. The minimum atomic E-state index is -0.149. The quantitative estimate of drug-likeness (QED) is 0.845. The molecule has 21 heavy (non-hydrogen) atoms. The van der Waals surface area contributed by atoms with Crippen LogP contribution in [0.25, 0.3) is 0 Å². The largest absolute Gasteiger partial charge is 0.373 e. The number of halogens is 1. The van der Waals surface area contributed by atoms with E-state index in [1.807, 2.05) is 49.5 Å². The summed E-state index contributed by atoms with van der Waals surface area (Å²) in [7, 11) is 2.02. The van der Waals surface area contributed by atoms with Crippen molar-refractivity contribution in [1.29, 1.82) is 0 Å². The average Bonchev–Trinajstić information content (AvgIpc) is 2.47. The highest BCUT2D eigenvalue weighted by Gasteiger charge is 2.12. The fraction of sp³-hybridized carbons (Fsp3) is 0.235. The molecule has 0 aromatic heterocycles. The molecule has 0 radical (unpaired) electrons. The minimum absolute atomic E-state index is 0.0836. The number of likely N-dealkylation sites (N-methyl/N-ethyl adjacent to an activating group) is 1. The van der Waals surface area contributed by atoms with E-state index in [9.17, 15) is 4.79 Å². The summed E-state index contributed by atoms with van der Waals surface area (Å²) in [6.45, 7) is 2.18. The van der Waals surface area contributed by atoms with E-state index >= 15 is 0 Å². The van der Waals surface area contributed by atoms with Crippen molar-refractivity contribution in [3.63, 3.8) is 0 Å². The average molecular weight is 303 g/mol. The zero-order valence-corrected chi connectivity index (χ0v) is 13.0. The number of nitrogens with zero attached hydrogens (tertiary/aromatic N) is 1. The molecule has 0 saturated carbocycles. The summed E-state index contributed by atoms with van der Waals surface area (Å²) in [5.74, 6) is -0.0836. The summed E-state index contributed by atoms with van der Waals surface area (Å²) >= 11 is 6.51. The van der Waals surface area contributed by atoms with Crippen molar-refractivity contribution < 1.29 is 4.79 Å². The summed E-state index contributed by atoms with van der Waals surface area (Å²) in [6.07, 6.45) is 0. The van der Waals surface area contributed by atoms with Crippen LogP contribution in [-0.2, 0) is 4.79 Å². The van der Waals surface area contributed by atoms with Gasteiger partial charge in [0.25, 0.3) is 0 Å². The van der Waals surface area contributed by atoms with Gasteiger partial charge in [-0.25, -0.2) is 0 Å². The second-order valence-electron chi connectivity index (χ2n) is 4.99. The van der Waals surface area contributed by atoms with Gasteiger partial charge < -0.3 is 10.2 Å². The number of alkyl halides is 1. The van der Waals surface area contributed by atoms with Crippen LogP contribution in [0.1, 0.15) is 17.9 Å². The second-order valence-corrected chi connectivity index (χ2v) is 5.52. The van der Waals surface area contributed by atoms with E-state index in [1.54, 1.807) is 0 Å². The molecule has 1 atom stereocenters. The lowest BCUT2D eigenvalue weighted by molar-refractivity contribution is -0.114. The Labute approximate surface area is 130 Å². The Balaban J connectivity index is 2.06. The first-order valence-electron chi connectivity index (χ1n) is 6.84. The van der Waals surface area contributed by atoms with Crippen molar-refractivity contribution in [2.24, 2.45) is 0 Å². The summed E-state index contributed by atoms with van der Waals surface area (Å²) in [4.78, 5) is 13.2. The number of benzene rings is 2. The number of carbonyl (C=O) groups is 1. The third-order valence-corrected chi connectivity index (χ3v) is 3.59. The number of hydrogen-bond acceptors (Lipinski definition) is 2. The molecular formula is C17H19ClN2O. The number of anilines is 2. The van der Waals surface area contributed by atoms with Gasteiger partial charge in [-0.05, 0) is 29.8 Å². The minimum Gasteiger partial charge on any atom is -0.373 e. The Morgan fingerprint density at radius 1 is 1.19 bits per heavy atom. The summed E-state index contributed by atoms with van der Waals surface area (Å²) in [5, 5.41) is 2.62. The van der Waals surface area contributed by atoms with E-state index in [1.165, 1.54) is 6.92 Å². The molecule has 0 fully saturated rings. The molecule has 0 heterocycles. The maximum atomic E-state index is 11.1. The molecule has 110 valence electrons. The lowest BCUT2D eigenvalue weighted by Gasteiger charge is -2.22. The summed E-state index contributed by atoms with van der Waals surface area (Å²) < 4.78 is 0. The first-order valence-corrected chi connectivity index (χ1v) is 7.27. The van der Waals surface area contributed by atoms with Gasteiger partial charge in [0.1, 0.15) is 0 Å². The van der Waals surface area contributed by atoms with Crippen molar-refractivity contribution in [2.45, 2.75) is 12.3 Å². The van der Waals surface area contributed by atoms with E-state index in [-0.39, 0.29) is 11.3 Å². The van der Waals surface area contributed by atoms with Crippen molar-refractivity contribution >= 4 is 28.9 Å². The van der Waals surface area contributed by atoms with Crippen LogP contribution < -0.4 is 10.2 Å². The third-order valence-electron chi connectivity index (χ3n) is 3.20. The van der Waals surface area contributed by atoms with Crippen LogP contribution in [0.4, 0.5) is 11.4 Å². The molecule has 4 heteroatoms. The number of nitrogens with one attached hydrogen (secondary N) is 1. The molecular weight excluding hydrogens is 284 g/mol. The van der Waals surface area contributed by atoms with Gasteiger partial charge in [-0.3, -0.25) is 4.79 Å². The van der Waals surface area contributed by atoms with Crippen LogP contribution in [-0.4, -0.2) is 19.5 Å². The van der Waals surface area contributed by atoms with Crippen molar-refractivity contribution in [3.8, 4) is 0 Å². The first-order chi connectivity index (χ1) is 10.1. The van der Waals surface area contributed by atoms with Crippen LogP contribution in [0.5, 0.6) is 0 Å². The van der Waals surface area contributed by atoms with Gasteiger partial charge in [-0.15, -0.1) is 11.6 Å². The normalized spacial score (nSPS) is 11.8. The lowest BCUT2D eigenvalue weighted by atomic mass is 10.1. The molecule has 0 saturated heterocycles. The Morgan fingerprint density at radius 2 is 1.90 bits per heavy atom. The molecule has 0 aliphatic heterocycles. The van der Waals surface area contributed by atoms with Gasteiger partial charge in [0.15, 0.2) is 0 Å². The highest BCUT2D eigenvalue weighted by atomic mass is 35.5. The number of hydrogen-bond donors (Lipinski definition) is 1. The first kappa shape index (κ1) is 15.4. The standard InChI is InChI=1S/C17H19ClN2O/c1-13(21)19-15-8-6-7-14(11-15)17(18)12-20(2)16-9-4-3-5-10-16/h3-11,17H,12H2,1-2H3,(H,19,21). The third kappa shape index (κ3) is 4.50. The predicted molar refractivity (Wildman–Crippen MR) is 89.1 cm³/mol. The molecule has 0 aliphatic carbocycles. The SMILES string of the molecule is CC(=O)Nc1cccc(C(Cl)CN(C)c2ccccc2)c1. The van der Waals surface area contributed by atoms with Crippen LogP contribution in [0.2, 0.25) is 0 Å². The fourth-order valence-electron chi connectivity index (χ4n) is 2.15. The topological polar surface area (TPSA) is 32.3 Å². The van der Waals surface area contributed by atoms with Gasteiger partial charge in [0, 0.05) is 31.9 Å². The van der Waals surface area contributed by atoms with Gasteiger partial charge >= 0.3 is 0 Å². The summed E-state index contributed by atoms with van der Waals surface area (Å²) in [6, 6.07) is 17.8. The van der Waals surface area contributed by atoms with Gasteiger partial charge in [0.05, 0.1) is 5.38 Å². The molecule has 0 aliphatic rings. The van der Waals surface area contributed by atoms with E-state index in [0.717, 1.165) is 16.9 Å². The Morgan fingerprint density at radius 3 is 2.57 bits per heavy atom. The molecule has 0 bridgehead atoms. The molecule has 2 rings (SSSR count). The lowest BCUT2D eigenvalue weighted by Crippen LogP contribution is -2.21. The number of rotatable bonds is 5. The van der Waals surface area contributed by atoms with Gasteiger partial charge in [-0.1, -0.05) is 30.3 Å². The van der Waals surface area contributed by atoms with E-state index in [4.69, 9.17) is 11.6 Å². The van der Waals surface area contributed by atoms with Gasteiger partial charge in [0.2, 0.25) is 5.91 Å². The molecule has 1 N–H and O–H groups in total. The fourth-order valence-corrected chi connectivity index (χ4v) is 2.49. The Kier molecular flexibility index (Phi) is 5.23. The number of para-hydroxylation sites is 1. The number of amides is 1. The van der Waals surface area contributed by atoms with Crippen LogP contribution in [0.3, 0.4) is 0 Å². The maximum absolute atomic E-state index is 11.1. The zero-order chi connectivity index (χ0) is 15.2. The van der Waals surface area contributed by atoms with Crippen LogP contribution >= 0.6 is 11.6 Å². The smallest absolute Gasteiger partial charge is 0.221 e. The zero-order valence-electron chi connectivity index (χ0n) is 12.2. The maximum Gasteiger partial charge on any atom is 0.221 e. The van der Waals surface area contributed by atoms with Crippen molar-refractivity contribution in [1.82, 2.24) is 0 Å².